The second-order valence-electron chi connectivity index (χ2n) is 13.7. The van der Waals surface area contributed by atoms with E-state index in [9.17, 15) is 28.8 Å². The van der Waals surface area contributed by atoms with Gasteiger partial charge in [0.15, 0.2) is 5.96 Å². The van der Waals surface area contributed by atoms with E-state index in [1.807, 2.05) is 76.2 Å². The lowest BCUT2D eigenvalue weighted by Crippen LogP contribution is -2.58. The average molecular weight is 752 g/mol. The topological polar surface area (TPSA) is 248 Å². The molecular formula is C38H57N9O7. The molecule has 0 radical (unpaired) electrons. The van der Waals surface area contributed by atoms with E-state index in [0.29, 0.717) is 6.42 Å². The highest BCUT2D eigenvalue weighted by Crippen LogP contribution is 2.10. The number of guanidine groups is 1. The molecule has 0 fully saturated rings. The van der Waals surface area contributed by atoms with E-state index in [1.165, 1.54) is 6.92 Å². The molecule has 0 saturated carbocycles. The van der Waals surface area contributed by atoms with Gasteiger partial charge in [-0.25, -0.2) is 4.79 Å². The van der Waals surface area contributed by atoms with Gasteiger partial charge in [-0.3, -0.25) is 29.0 Å². The number of nitrogens with zero attached hydrogens (tertiary/aromatic N) is 1. The number of alkyl carbamates (subject to hydrolysis) is 1. The van der Waals surface area contributed by atoms with Crippen molar-refractivity contribution >= 4 is 41.6 Å². The maximum Gasteiger partial charge on any atom is 0.408 e. The monoisotopic (exact) mass is 751 g/mol. The molecular weight excluding hydrogens is 694 g/mol. The van der Waals surface area contributed by atoms with Gasteiger partial charge in [0.05, 0.1) is 6.54 Å². The fraction of sp³-hybridized carbons (Fsp3) is 0.500. The van der Waals surface area contributed by atoms with Crippen molar-refractivity contribution in [3.05, 3.63) is 71.8 Å². The van der Waals surface area contributed by atoms with Crippen molar-refractivity contribution in [2.75, 3.05) is 19.6 Å². The molecule has 6 amide bonds. The van der Waals surface area contributed by atoms with Crippen LogP contribution in [0.2, 0.25) is 0 Å². The number of hydrogen-bond donors (Lipinski definition) is 8. The highest BCUT2D eigenvalue weighted by atomic mass is 16.5. The van der Waals surface area contributed by atoms with Crippen molar-refractivity contribution in [3.8, 4) is 0 Å². The molecule has 0 aromatic heterocycles. The molecule has 2 rings (SSSR count). The minimum Gasteiger partial charge on any atom is -0.445 e. The Morgan fingerprint density at radius 1 is 0.722 bits per heavy atom. The summed E-state index contributed by atoms with van der Waals surface area (Å²) in [6.45, 7) is 8.81. The zero-order valence-electron chi connectivity index (χ0n) is 31.9. The zero-order valence-corrected chi connectivity index (χ0v) is 31.9. The molecule has 0 saturated heterocycles. The first kappa shape index (κ1) is 44.5. The summed E-state index contributed by atoms with van der Waals surface area (Å²) in [6.07, 6.45) is 0.182. The molecule has 10 N–H and O–H groups in total. The largest absolute Gasteiger partial charge is 0.445 e. The normalized spacial score (nSPS) is 13.0. The zero-order chi connectivity index (χ0) is 40.0. The summed E-state index contributed by atoms with van der Waals surface area (Å²) in [5, 5.41) is 16.3. The van der Waals surface area contributed by atoms with Crippen LogP contribution >= 0.6 is 0 Å². The SMILES string of the molecule is CC(=O)NCC(=O)N[C@H](Cc1ccccc1)C(=O)NC[C@@H](NC(=O)[C@H](CC(C)C)NC(=O)[C@H](CCCN=C(N)N)NC(=O)OCc1ccccc1)C(C)C. The van der Waals surface area contributed by atoms with Crippen molar-refractivity contribution in [1.29, 1.82) is 0 Å². The molecule has 296 valence electrons. The molecule has 0 heterocycles. The van der Waals surface area contributed by atoms with Gasteiger partial charge in [0, 0.05) is 32.5 Å². The van der Waals surface area contributed by atoms with Crippen LogP contribution in [0, 0.1) is 11.8 Å². The van der Waals surface area contributed by atoms with Gasteiger partial charge in [-0.2, -0.15) is 0 Å². The van der Waals surface area contributed by atoms with Crippen molar-refractivity contribution in [2.45, 2.75) is 91.1 Å². The molecule has 0 bridgehead atoms. The van der Waals surface area contributed by atoms with Gasteiger partial charge in [0.25, 0.3) is 0 Å². The van der Waals surface area contributed by atoms with E-state index in [1.54, 1.807) is 12.1 Å². The number of carbonyl (C=O) groups is 6. The molecule has 0 spiro atoms. The van der Waals surface area contributed by atoms with Crippen LogP contribution in [0.25, 0.3) is 0 Å². The first-order chi connectivity index (χ1) is 25.6. The quantitative estimate of drug-likeness (QED) is 0.0485. The predicted molar refractivity (Wildman–Crippen MR) is 205 cm³/mol. The first-order valence-electron chi connectivity index (χ1n) is 18.1. The number of nitrogens with two attached hydrogens (primary N) is 2. The van der Waals surface area contributed by atoms with Crippen LogP contribution in [0.1, 0.15) is 65.0 Å². The smallest absolute Gasteiger partial charge is 0.408 e. The molecule has 16 heteroatoms. The fourth-order valence-electron chi connectivity index (χ4n) is 5.23. The molecule has 0 aliphatic rings. The number of hydrogen-bond acceptors (Lipinski definition) is 8. The summed E-state index contributed by atoms with van der Waals surface area (Å²) < 4.78 is 5.34. The fourth-order valence-corrected chi connectivity index (χ4v) is 5.23. The van der Waals surface area contributed by atoms with Crippen LogP contribution in [-0.2, 0) is 41.7 Å². The molecule has 4 atom stereocenters. The number of rotatable bonds is 22. The lowest BCUT2D eigenvalue weighted by Gasteiger charge is -2.28. The number of carbonyl (C=O) groups excluding carboxylic acids is 6. The van der Waals surface area contributed by atoms with Crippen LogP contribution in [0.4, 0.5) is 4.79 Å². The number of benzene rings is 2. The molecule has 0 aliphatic carbocycles. The van der Waals surface area contributed by atoms with Crippen molar-refractivity contribution in [1.82, 2.24) is 31.9 Å². The summed E-state index contributed by atoms with van der Waals surface area (Å²) >= 11 is 0. The van der Waals surface area contributed by atoms with Gasteiger partial charge < -0.3 is 48.1 Å². The minimum absolute atomic E-state index is 0.00205. The summed E-state index contributed by atoms with van der Waals surface area (Å²) in [7, 11) is 0. The third kappa shape index (κ3) is 18.2. The van der Waals surface area contributed by atoms with Gasteiger partial charge in [-0.1, -0.05) is 88.4 Å². The molecule has 16 nitrogen and oxygen atoms in total. The van der Waals surface area contributed by atoms with E-state index in [0.717, 1.165) is 11.1 Å². The number of amides is 6. The number of nitrogens with one attached hydrogen (secondary N) is 6. The van der Waals surface area contributed by atoms with Crippen molar-refractivity contribution in [2.24, 2.45) is 28.3 Å². The minimum atomic E-state index is -1.06. The maximum absolute atomic E-state index is 13.8. The highest BCUT2D eigenvalue weighted by molar-refractivity contribution is 5.92. The molecule has 0 unspecified atom stereocenters. The van der Waals surface area contributed by atoms with Crippen molar-refractivity contribution < 1.29 is 33.5 Å². The Morgan fingerprint density at radius 3 is 1.91 bits per heavy atom. The Morgan fingerprint density at radius 2 is 1.33 bits per heavy atom. The van der Waals surface area contributed by atoms with Crippen molar-refractivity contribution in [3.63, 3.8) is 0 Å². The van der Waals surface area contributed by atoms with E-state index < -0.39 is 53.9 Å². The molecule has 0 aliphatic heterocycles. The lowest BCUT2D eigenvalue weighted by atomic mass is 9.99. The maximum atomic E-state index is 13.8. The Labute approximate surface area is 317 Å². The number of ether oxygens (including phenoxy) is 1. The van der Waals surface area contributed by atoms with Crippen LogP contribution in [0.5, 0.6) is 0 Å². The number of aliphatic imine (C=N–C) groups is 1. The Hall–Kier alpha value is -5.67. The third-order valence-electron chi connectivity index (χ3n) is 8.17. The highest BCUT2D eigenvalue weighted by Gasteiger charge is 2.30. The van der Waals surface area contributed by atoms with Crippen LogP contribution in [0.3, 0.4) is 0 Å². The van der Waals surface area contributed by atoms with Gasteiger partial charge in [0.2, 0.25) is 29.5 Å². The van der Waals surface area contributed by atoms with Gasteiger partial charge in [-0.15, -0.1) is 0 Å². The van der Waals surface area contributed by atoms with Gasteiger partial charge in [-0.05, 0) is 42.2 Å². The van der Waals surface area contributed by atoms with Crippen LogP contribution in [0.15, 0.2) is 65.7 Å². The second-order valence-corrected chi connectivity index (χ2v) is 13.7. The van der Waals surface area contributed by atoms with E-state index in [4.69, 9.17) is 16.2 Å². The van der Waals surface area contributed by atoms with Crippen LogP contribution < -0.4 is 43.4 Å². The predicted octanol–water partition coefficient (Wildman–Crippen LogP) is 0.987. The summed E-state index contributed by atoms with van der Waals surface area (Å²) in [4.78, 5) is 81.4. The van der Waals surface area contributed by atoms with E-state index in [-0.39, 0.29) is 69.2 Å². The summed E-state index contributed by atoms with van der Waals surface area (Å²) in [5.41, 5.74) is 12.5. The molecule has 54 heavy (non-hydrogen) atoms. The standard InChI is InChI=1S/C38H57N9O7/c1-24(2)19-30(45-35(51)29(17-12-18-41-37(39)40)47-38(53)54-23-28-15-10-7-11-16-28)36(52)46-32(25(3)4)21-43-34(50)31(20-27-13-8-6-9-14-27)44-33(49)22-42-26(5)48/h6-11,13-16,24-25,29-32H,12,17-23H2,1-5H3,(H,42,48)(H,43,50)(H,44,49)(H,45,51)(H,46,52)(H,47,53)(H4,39,40,41)/t29-,30-,31+,32+/m0/s1. The lowest BCUT2D eigenvalue weighted by molar-refractivity contribution is -0.131. The van der Waals surface area contributed by atoms with Crippen LogP contribution in [-0.4, -0.2) is 85.4 Å². The average Bonchev–Trinajstić information content (AvgIpc) is 3.12. The summed E-state index contributed by atoms with van der Waals surface area (Å²) in [5.74, 6) is -2.70. The van der Waals surface area contributed by atoms with E-state index in [2.05, 4.69) is 36.9 Å². The Kier molecular flexibility index (Phi) is 19.6. The first-order valence-corrected chi connectivity index (χ1v) is 18.1. The Balaban J connectivity index is 2.15. The molecule has 2 aromatic rings. The second kappa shape index (κ2) is 23.8. The van der Waals surface area contributed by atoms with E-state index >= 15 is 0 Å². The molecule has 2 aromatic carbocycles. The summed E-state index contributed by atoms with van der Waals surface area (Å²) in [6, 6.07) is 14.7. The van der Waals surface area contributed by atoms with Gasteiger partial charge >= 0.3 is 6.09 Å². The third-order valence-corrected chi connectivity index (χ3v) is 8.17. The van der Waals surface area contributed by atoms with Gasteiger partial charge in [0.1, 0.15) is 24.7 Å². The Bertz CT molecular complexity index is 1530.